The largest absolute Gasteiger partial charge is 0.459 e. The van der Waals surface area contributed by atoms with Gasteiger partial charge in [-0.3, -0.25) is 14.9 Å². The number of aryl methyl sites for hydroxylation is 2. The van der Waals surface area contributed by atoms with Gasteiger partial charge in [-0.25, -0.2) is 0 Å². The standard InChI is InChI=1S/C20H18N2O5/c1-12-3-4-14(10-18(12)22(25)26)20(24)21-15-5-7-17(13(2)9-15)19-8-6-16(11-23)27-19/h3-10,23H,11H2,1-2H3,(H,21,24). The number of nitro benzene ring substituents is 1. The van der Waals surface area contributed by atoms with Crippen LogP contribution in [0.15, 0.2) is 52.9 Å². The molecule has 0 aliphatic carbocycles. The lowest BCUT2D eigenvalue weighted by atomic mass is 10.1. The number of amides is 1. The van der Waals surface area contributed by atoms with E-state index in [-0.39, 0.29) is 17.9 Å². The maximum atomic E-state index is 12.4. The first-order chi connectivity index (χ1) is 12.9. The summed E-state index contributed by atoms with van der Waals surface area (Å²) in [5.41, 5.74) is 2.91. The van der Waals surface area contributed by atoms with Crippen LogP contribution in [0.5, 0.6) is 0 Å². The van der Waals surface area contributed by atoms with E-state index in [0.29, 0.717) is 22.8 Å². The van der Waals surface area contributed by atoms with Crippen LogP contribution in [0.25, 0.3) is 11.3 Å². The first-order valence-electron chi connectivity index (χ1n) is 8.26. The highest BCUT2D eigenvalue weighted by molar-refractivity contribution is 6.04. The number of nitrogens with zero attached hydrogens (tertiary/aromatic N) is 1. The van der Waals surface area contributed by atoms with Crippen molar-refractivity contribution in [3.63, 3.8) is 0 Å². The number of aliphatic hydroxyl groups excluding tert-OH is 1. The van der Waals surface area contributed by atoms with Gasteiger partial charge in [0, 0.05) is 28.4 Å². The molecule has 2 aromatic carbocycles. The Kier molecular flexibility index (Phi) is 5.05. The van der Waals surface area contributed by atoms with E-state index in [1.807, 2.05) is 13.0 Å². The maximum Gasteiger partial charge on any atom is 0.273 e. The van der Waals surface area contributed by atoms with E-state index in [1.165, 1.54) is 6.07 Å². The summed E-state index contributed by atoms with van der Waals surface area (Å²) in [4.78, 5) is 23.0. The zero-order valence-corrected chi connectivity index (χ0v) is 14.9. The topological polar surface area (TPSA) is 106 Å². The smallest absolute Gasteiger partial charge is 0.273 e. The number of benzene rings is 2. The fourth-order valence-electron chi connectivity index (χ4n) is 2.78. The summed E-state index contributed by atoms with van der Waals surface area (Å²) >= 11 is 0. The Labute approximate surface area is 155 Å². The minimum atomic E-state index is -0.505. The monoisotopic (exact) mass is 366 g/mol. The number of hydrogen-bond donors (Lipinski definition) is 2. The Hall–Kier alpha value is -3.45. The molecule has 138 valence electrons. The molecule has 0 fully saturated rings. The van der Waals surface area contributed by atoms with Gasteiger partial charge in [0.2, 0.25) is 0 Å². The summed E-state index contributed by atoms with van der Waals surface area (Å²) in [5, 5.41) is 22.9. The van der Waals surface area contributed by atoms with Crippen molar-refractivity contribution in [1.29, 1.82) is 0 Å². The van der Waals surface area contributed by atoms with Crippen LogP contribution in [0.3, 0.4) is 0 Å². The van der Waals surface area contributed by atoms with Crippen LogP contribution >= 0.6 is 0 Å². The fraction of sp³-hybridized carbons (Fsp3) is 0.150. The number of carbonyl (C=O) groups is 1. The average Bonchev–Trinajstić information content (AvgIpc) is 3.10. The number of nitro groups is 1. The quantitative estimate of drug-likeness (QED) is 0.519. The molecule has 0 unspecified atom stereocenters. The second-order valence-electron chi connectivity index (χ2n) is 6.17. The van der Waals surface area contributed by atoms with Gasteiger partial charge in [0.05, 0.1) is 4.92 Å². The summed E-state index contributed by atoms with van der Waals surface area (Å²) in [6.07, 6.45) is 0. The molecule has 7 heteroatoms. The molecule has 0 radical (unpaired) electrons. The molecule has 3 rings (SSSR count). The lowest BCUT2D eigenvalue weighted by Gasteiger charge is -2.09. The predicted octanol–water partition coefficient (Wildman–Crippen LogP) is 4.22. The predicted molar refractivity (Wildman–Crippen MR) is 101 cm³/mol. The van der Waals surface area contributed by atoms with Crippen molar-refractivity contribution in [3.8, 4) is 11.3 Å². The number of hydrogen-bond acceptors (Lipinski definition) is 5. The van der Waals surface area contributed by atoms with Gasteiger partial charge in [-0.1, -0.05) is 6.07 Å². The fourth-order valence-corrected chi connectivity index (χ4v) is 2.78. The van der Waals surface area contributed by atoms with Crippen LogP contribution in [0.2, 0.25) is 0 Å². The molecule has 1 aromatic heterocycles. The molecule has 3 aromatic rings. The zero-order valence-electron chi connectivity index (χ0n) is 14.9. The highest BCUT2D eigenvalue weighted by Crippen LogP contribution is 2.28. The molecule has 0 saturated carbocycles. The summed E-state index contributed by atoms with van der Waals surface area (Å²) < 4.78 is 5.54. The SMILES string of the molecule is Cc1cc(NC(=O)c2ccc(C)c([N+](=O)[O-])c2)ccc1-c1ccc(CO)o1. The van der Waals surface area contributed by atoms with Crippen molar-refractivity contribution in [2.45, 2.75) is 20.5 Å². The summed E-state index contributed by atoms with van der Waals surface area (Å²) in [6.45, 7) is 3.33. The van der Waals surface area contributed by atoms with Gasteiger partial charge >= 0.3 is 0 Å². The first-order valence-corrected chi connectivity index (χ1v) is 8.26. The molecule has 2 N–H and O–H groups in total. The van der Waals surface area contributed by atoms with Crippen LogP contribution in [-0.4, -0.2) is 15.9 Å². The molecule has 7 nitrogen and oxygen atoms in total. The second-order valence-corrected chi connectivity index (χ2v) is 6.17. The number of anilines is 1. The van der Waals surface area contributed by atoms with E-state index in [4.69, 9.17) is 9.52 Å². The highest BCUT2D eigenvalue weighted by atomic mass is 16.6. The highest BCUT2D eigenvalue weighted by Gasteiger charge is 2.15. The molecule has 0 spiro atoms. The third kappa shape index (κ3) is 3.88. The van der Waals surface area contributed by atoms with Gasteiger partial charge < -0.3 is 14.8 Å². The minimum Gasteiger partial charge on any atom is -0.459 e. The number of aliphatic hydroxyl groups is 1. The van der Waals surface area contributed by atoms with Crippen LogP contribution in [0, 0.1) is 24.0 Å². The Morgan fingerprint density at radius 1 is 1.11 bits per heavy atom. The maximum absolute atomic E-state index is 12.4. The van der Waals surface area contributed by atoms with Gasteiger partial charge in [-0.15, -0.1) is 0 Å². The molecular weight excluding hydrogens is 348 g/mol. The molecule has 1 heterocycles. The number of nitrogens with one attached hydrogen (secondary N) is 1. The van der Waals surface area contributed by atoms with Crippen molar-refractivity contribution < 1.29 is 19.2 Å². The van der Waals surface area contributed by atoms with E-state index < -0.39 is 10.8 Å². The molecule has 0 bridgehead atoms. The number of carbonyl (C=O) groups excluding carboxylic acids is 1. The molecule has 27 heavy (non-hydrogen) atoms. The number of furan rings is 1. The number of rotatable bonds is 5. The van der Waals surface area contributed by atoms with Crippen molar-refractivity contribution in [2.75, 3.05) is 5.32 Å². The van der Waals surface area contributed by atoms with Crippen LogP contribution in [0.1, 0.15) is 27.2 Å². The molecule has 0 aliphatic rings. The third-order valence-corrected chi connectivity index (χ3v) is 4.24. The molecule has 0 atom stereocenters. The van der Waals surface area contributed by atoms with Crippen molar-refractivity contribution in [1.82, 2.24) is 0 Å². The summed E-state index contributed by atoms with van der Waals surface area (Å²) in [7, 11) is 0. The van der Waals surface area contributed by atoms with Crippen molar-refractivity contribution in [3.05, 3.63) is 81.1 Å². The summed E-state index contributed by atoms with van der Waals surface area (Å²) in [6, 6.07) is 13.2. The zero-order chi connectivity index (χ0) is 19.6. The van der Waals surface area contributed by atoms with Gasteiger partial charge in [-0.2, -0.15) is 0 Å². The van der Waals surface area contributed by atoms with Gasteiger partial charge in [-0.05, 0) is 55.8 Å². The Morgan fingerprint density at radius 3 is 2.52 bits per heavy atom. The molecular formula is C20H18N2O5. The first kappa shape index (κ1) is 18.3. The lowest BCUT2D eigenvalue weighted by molar-refractivity contribution is -0.385. The van der Waals surface area contributed by atoms with E-state index in [0.717, 1.165) is 11.1 Å². The van der Waals surface area contributed by atoms with Crippen LogP contribution in [-0.2, 0) is 6.61 Å². The molecule has 0 saturated heterocycles. The normalized spacial score (nSPS) is 10.6. The second kappa shape index (κ2) is 7.43. The third-order valence-electron chi connectivity index (χ3n) is 4.24. The Morgan fingerprint density at radius 2 is 1.89 bits per heavy atom. The molecule has 1 amide bonds. The van der Waals surface area contributed by atoms with E-state index in [9.17, 15) is 14.9 Å². The average molecular weight is 366 g/mol. The van der Waals surface area contributed by atoms with Crippen molar-refractivity contribution >= 4 is 17.3 Å². The summed E-state index contributed by atoms with van der Waals surface area (Å²) in [5.74, 6) is 0.678. The Balaban J connectivity index is 1.82. The van der Waals surface area contributed by atoms with E-state index >= 15 is 0 Å². The van der Waals surface area contributed by atoms with Gasteiger partial charge in [0.1, 0.15) is 18.1 Å². The van der Waals surface area contributed by atoms with E-state index in [2.05, 4.69) is 5.32 Å². The minimum absolute atomic E-state index is 0.0910. The van der Waals surface area contributed by atoms with Crippen LogP contribution < -0.4 is 5.32 Å². The lowest BCUT2D eigenvalue weighted by Crippen LogP contribution is -2.12. The van der Waals surface area contributed by atoms with Crippen LogP contribution in [0.4, 0.5) is 11.4 Å². The van der Waals surface area contributed by atoms with Gasteiger partial charge in [0.25, 0.3) is 11.6 Å². The molecule has 0 aliphatic heterocycles. The Bertz CT molecular complexity index is 1020. The van der Waals surface area contributed by atoms with Crippen molar-refractivity contribution in [2.24, 2.45) is 0 Å². The van der Waals surface area contributed by atoms with Gasteiger partial charge in [0.15, 0.2) is 0 Å². The van der Waals surface area contributed by atoms with E-state index in [1.54, 1.807) is 43.3 Å².